The first-order valence-corrected chi connectivity index (χ1v) is 8.39. The average Bonchev–Trinajstić information content (AvgIpc) is 2.46. The predicted molar refractivity (Wildman–Crippen MR) is 91.4 cm³/mol. The quantitative estimate of drug-likeness (QED) is 0.875. The summed E-state index contributed by atoms with van der Waals surface area (Å²) in [7, 11) is -1.62. The van der Waals surface area contributed by atoms with Crippen LogP contribution in [-0.2, 0) is 16.4 Å². The van der Waals surface area contributed by atoms with Gasteiger partial charge in [-0.15, -0.1) is 0 Å². The van der Waals surface area contributed by atoms with Crippen LogP contribution in [0.3, 0.4) is 0 Å². The number of halogens is 1. The Bertz CT molecular complexity index is 755. The fourth-order valence-corrected chi connectivity index (χ4v) is 2.94. The lowest BCUT2D eigenvalue weighted by Gasteiger charge is -2.19. The number of hydrogen-bond acceptors (Lipinski definition) is 3. The Morgan fingerprint density at radius 1 is 1.26 bits per heavy atom. The Morgan fingerprint density at radius 3 is 2.39 bits per heavy atom. The number of carboxylic acids is 1. The molecule has 23 heavy (non-hydrogen) atoms. The molecule has 0 bridgehead atoms. The number of nitrogens with zero attached hydrogens (tertiary/aromatic N) is 1. The van der Waals surface area contributed by atoms with Crippen molar-refractivity contribution in [2.75, 3.05) is 4.72 Å². The average molecular weight is 353 g/mol. The van der Waals surface area contributed by atoms with Gasteiger partial charge in [0.1, 0.15) is 11.0 Å². The van der Waals surface area contributed by atoms with Crippen LogP contribution in [0.15, 0.2) is 41.4 Å². The molecule has 1 aromatic heterocycles. The van der Waals surface area contributed by atoms with Crippen LogP contribution < -0.4 is 4.72 Å². The van der Waals surface area contributed by atoms with Gasteiger partial charge in [0.05, 0.1) is 15.6 Å². The van der Waals surface area contributed by atoms with Crippen molar-refractivity contribution in [1.82, 2.24) is 4.98 Å². The van der Waals surface area contributed by atoms with E-state index >= 15 is 0 Å². The molecular formula is C16H17ClN2O3S. The number of hydrogen-bond donors (Lipinski definition) is 2. The van der Waals surface area contributed by atoms with Crippen molar-refractivity contribution in [3.8, 4) is 0 Å². The summed E-state index contributed by atoms with van der Waals surface area (Å²) in [5.41, 5.74) is 1.01. The number of benzene rings is 1. The van der Waals surface area contributed by atoms with E-state index in [2.05, 4.69) is 30.5 Å². The Labute approximate surface area is 142 Å². The third kappa shape index (κ3) is 4.30. The maximum Gasteiger partial charge on any atom is 0.356 e. The van der Waals surface area contributed by atoms with E-state index in [-0.39, 0.29) is 21.8 Å². The molecule has 1 heterocycles. The lowest BCUT2D eigenvalue weighted by Crippen LogP contribution is -2.13. The van der Waals surface area contributed by atoms with E-state index in [1.54, 1.807) is 12.1 Å². The highest BCUT2D eigenvalue weighted by molar-refractivity contribution is 7.86. The number of pyridine rings is 1. The van der Waals surface area contributed by atoms with Gasteiger partial charge in [-0.2, -0.15) is 0 Å². The van der Waals surface area contributed by atoms with Crippen molar-refractivity contribution >= 4 is 34.2 Å². The minimum absolute atomic E-state index is 0.000797. The zero-order chi connectivity index (χ0) is 17.2. The standard InChI is InChI=1S/C16H17ClN2O3S/c1-16(2,3)10-4-6-12(7-5-10)23(22)19-13-8-11(17)9-18-14(13)15(20)21/h4-9,19H,1-3H3,(H,20,21). The number of anilines is 1. The molecule has 0 aliphatic heterocycles. The molecule has 0 fully saturated rings. The van der Waals surface area contributed by atoms with E-state index in [0.717, 1.165) is 5.56 Å². The van der Waals surface area contributed by atoms with E-state index in [1.807, 2.05) is 12.1 Å². The largest absolute Gasteiger partial charge is 0.476 e. The second-order valence-electron chi connectivity index (χ2n) is 6.00. The van der Waals surface area contributed by atoms with Crippen molar-refractivity contribution < 1.29 is 14.1 Å². The van der Waals surface area contributed by atoms with Gasteiger partial charge >= 0.3 is 5.97 Å². The second kappa shape index (κ2) is 6.68. The molecule has 0 aliphatic carbocycles. The molecule has 0 spiro atoms. The molecule has 0 radical (unpaired) electrons. The Morgan fingerprint density at radius 2 is 1.87 bits per heavy atom. The minimum atomic E-state index is -1.62. The zero-order valence-corrected chi connectivity index (χ0v) is 14.5. The summed E-state index contributed by atoms with van der Waals surface area (Å²) < 4.78 is 15.0. The summed E-state index contributed by atoms with van der Waals surface area (Å²) >= 11 is 5.83. The molecule has 2 N–H and O–H groups in total. The highest BCUT2D eigenvalue weighted by Crippen LogP contribution is 2.24. The number of aromatic nitrogens is 1. The van der Waals surface area contributed by atoms with E-state index in [1.165, 1.54) is 12.3 Å². The summed E-state index contributed by atoms with van der Waals surface area (Å²) in [6.45, 7) is 6.27. The lowest BCUT2D eigenvalue weighted by molar-refractivity contribution is 0.0692. The number of nitrogens with one attached hydrogen (secondary N) is 1. The first-order valence-electron chi connectivity index (χ1n) is 6.86. The molecule has 7 heteroatoms. The second-order valence-corrected chi connectivity index (χ2v) is 7.65. The van der Waals surface area contributed by atoms with Crippen molar-refractivity contribution in [1.29, 1.82) is 0 Å². The van der Waals surface area contributed by atoms with Crippen molar-refractivity contribution in [2.24, 2.45) is 0 Å². The zero-order valence-electron chi connectivity index (χ0n) is 13.0. The maximum absolute atomic E-state index is 12.4. The number of rotatable bonds is 4. The molecule has 0 aliphatic rings. The van der Waals surface area contributed by atoms with Gasteiger partial charge in [-0.3, -0.25) is 4.72 Å². The van der Waals surface area contributed by atoms with Gasteiger partial charge in [0.2, 0.25) is 0 Å². The molecule has 1 atom stereocenters. The van der Waals surface area contributed by atoms with Crippen LogP contribution in [-0.4, -0.2) is 20.3 Å². The molecule has 0 saturated carbocycles. The van der Waals surface area contributed by atoms with Crippen LogP contribution in [0.1, 0.15) is 36.8 Å². The van der Waals surface area contributed by atoms with Crippen LogP contribution in [0.2, 0.25) is 5.02 Å². The van der Waals surface area contributed by atoms with Crippen molar-refractivity contribution in [2.45, 2.75) is 31.1 Å². The van der Waals surface area contributed by atoms with E-state index < -0.39 is 17.0 Å². The summed E-state index contributed by atoms with van der Waals surface area (Å²) in [6.07, 6.45) is 1.23. The molecule has 0 saturated heterocycles. The van der Waals surface area contributed by atoms with Gasteiger partial charge in [0.15, 0.2) is 5.69 Å². The SMILES string of the molecule is CC(C)(C)c1ccc(S(=O)Nc2cc(Cl)cnc2C(=O)O)cc1. The van der Waals surface area contributed by atoms with Gasteiger partial charge in [-0.05, 0) is 29.2 Å². The van der Waals surface area contributed by atoms with Gasteiger partial charge in [0, 0.05) is 6.20 Å². The van der Waals surface area contributed by atoms with Crippen LogP contribution in [0.5, 0.6) is 0 Å². The van der Waals surface area contributed by atoms with E-state index in [9.17, 15) is 9.00 Å². The molecule has 2 rings (SSSR count). The number of aromatic carboxylic acids is 1. The van der Waals surface area contributed by atoms with Crippen molar-refractivity contribution in [3.63, 3.8) is 0 Å². The van der Waals surface area contributed by atoms with Crippen LogP contribution in [0.25, 0.3) is 0 Å². The van der Waals surface area contributed by atoms with Crippen LogP contribution in [0, 0.1) is 0 Å². The Balaban J connectivity index is 2.26. The molecule has 122 valence electrons. The minimum Gasteiger partial charge on any atom is -0.476 e. The lowest BCUT2D eigenvalue weighted by atomic mass is 9.87. The smallest absolute Gasteiger partial charge is 0.356 e. The first kappa shape index (κ1) is 17.4. The van der Waals surface area contributed by atoms with Gasteiger partial charge < -0.3 is 5.11 Å². The molecular weight excluding hydrogens is 336 g/mol. The van der Waals surface area contributed by atoms with Crippen LogP contribution >= 0.6 is 11.6 Å². The Hall–Kier alpha value is -1.92. The molecule has 2 aromatic rings. The summed E-state index contributed by atoms with van der Waals surface area (Å²) in [4.78, 5) is 15.4. The van der Waals surface area contributed by atoms with Gasteiger partial charge in [-0.25, -0.2) is 14.0 Å². The monoisotopic (exact) mass is 352 g/mol. The highest BCUT2D eigenvalue weighted by Gasteiger charge is 2.17. The molecule has 0 amide bonds. The topological polar surface area (TPSA) is 79.3 Å². The fourth-order valence-electron chi connectivity index (χ4n) is 1.92. The normalized spacial score (nSPS) is 12.7. The summed E-state index contributed by atoms with van der Waals surface area (Å²) in [5.74, 6) is -1.22. The molecule has 1 unspecified atom stereocenters. The predicted octanol–water partition coefficient (Wildman–Crippen LogP) is 3.87. The third-order valence-electron chi connectivity index (χ3n) is 3.19. The van der Waals surface area contributed by atoms with Crippen LogP contribution in [0.4, 0.5) is 5.69 Å². The van der Waals surface area contributed by atoms with Gasteiger partial charge in [0.25, 0.3) is 0 Å². The molecule has 5 nitrogen and oxygen atoms in total. The van der Waals surface area contributed by atoms with E-state index in [0.29, 0.717) is 4.90 Å². The third-order valence-corrected chi connectivity index (χ3v) is 4.51. The summed E-state index contributed by atoms with van der Waals surface area (Å²) in [6, 6.07) is 8.70. The Kier molecular flexibility index (Phi) is 5.06. The maximum atomic E-state index is 12.4. The van der Waals surface area contributed by atoms with Gasteiger partial charge in [-0.1, -0.05) is 44.5 Å². The number of carboxylic acid groups (broad SMARTS) is 1. The summed E-state index contributed by atoms with van der Waals surface area (Å²) in [5, 5.41) is 9.38. The van der Waals surface area contributed by atoms with E-state index in [4.69, 9.17) is 16.7 Å². The molecule has 1 aromatic carbocycles. The highest BCUT2D eigenvalue weighted by atomic mass is 35.5. The first-order chi connectivity index (χ1) is 10.7. The number of carbonyl (C=O) groups is 1. The van der Waals surface area contributed by atoms with Crippen molar-refractivity contribution in [3.05, 3.63) is 52.8 Å². The fraction of sp³-hybridized carbons (Fsp3) is 0.250.